The molecular formula is C11H20O2. The second kappa shape index (κ2) is 3.43. The van der Waals surface area contributed by atoms with Crippen molar-refractivity contribution in [1.82, 2.24) is 0 Å². The fraction of sp³-hybridized carbons (Fsp3) is 0.818. The predicted molar refractivity (Wildman–Crippen MR) is 53.3 cm³/mol. The summed E-state index contributed by atoms with van der Waals surface area (Å²) >= 11 is 0. The van der Waals surface area contributed by atoms with Gasteiger partial charge in [-0.1, -0.05) is 19.9 Å². The van der Waals surface area contributed by atoms with E-state index >= 15 is 0 Å². The molecule has 0 aromatic heterocycles. The van der Waals surface area contributed by atoms with Crippen LogP contribution in [0.2, 0.25) is 0 Å². The summed E-state index contributed by atoms with van der Waals surface area (Å²) in [5.41, 5.74) is -0.149. The highest BCUT2D eigenvalue weighted by molar-refractivity contribution is 5.20. The van der Waals surface area contributed by atoms with Crippen molar-refractivity contribution in [2.75, 3.05) is 0 Å². The molecule has 2 nitrogen and oxygen atoms in total. The number of rotatable bonds is 1. The van der Waals surface area contributed by atoms with Crippen molar-refractivity contribution in [3.8, 4) is 0 Å². The van der Waals surface area contributed by atoms with Gasteiger partial charge in [-0.15, -0.1) is 0 Å². The number of allylic oxidation sites excluding steroid dienone is 1. The summed E-state index contributed by atoms with van der Waals surface area (Å²) in [4.78, 5) is 0. The van der Waals surface area contributed by atoms with Crippen LogP contribution in [0.5, 0.6) is 0 Å². The zero-order valence-electron chi connectivity index (χ0n) is 8.91. The van der Waals surface area contributed by atoms with Crippen molar-refractivity contribution in [1.29, 1.82) is 0 Å². The molecule has 2 N–H and O–H groups in total. The van der Waals surface area contributed by atoms with Gasteiger partial charge < -0.3 is 10.2 Å². The molecule has 3 unspecified atom stereocenters. The van der Waals surface area contributed by atoms with Gasteiger partial charge in [-0.05, 0) is 37.7 Å². The fourth-order valence-corrected chi connectivity index (χ4v) is 1.94. The van der Waals surface area contributed by atoms with E-state index in [1.54, 1.807) is 6.92 Å². The van der Waals surface area contributed by atoms with Crippen LogP contribution in [0.1, 0.15) is 34.1 Å². The molecule has 1 aliphatic rings. The summed E-state index contributed by atoms with van der Waals surface area (Å²) in [5, 5.41) is 20.0. The second-order valence-electron chi connectivity index (χ2n) is 4.62. The van der Waals surface area contributed by atoms with Crippen LogP contribution in [0.25, 0.3) is 0 Å². The second-order valence-corrected chi connectivity index (χ2v) is 4.62. The Labute approximate surface area is 80.3 Å². The number of aliphatic hydroxyl groups is 2. The molecule has 0 amide bonds. The first-order chi connectivity index (χ1) is 5.87. The Morgan fingerprint density at radius 3 is 2.54 bits per heavy atom. The van der Waals surface area contributed by atoms with Crippen LogP contribution in [-0.4, -0.2) is 21.9 Å². The minimum Gasteiger partial charge on any atom is -0.389 e. The third-order valence-electron chi connectivity index (χ3n) is 3.33. The minimum atomic E-state index is -1.03. The fourth-order valence-electron chi connectivity index (χ4n) is 1.94. The monoisotopic (exact) mass is 184 g/mol. The molecule has 0 heterocycles. The standard InChI is InChI=1S/C11H20O2/c1-7(2)9-6-5-8(3)11(4,13)10(9)12/h5,7,9-10,12-13H,6H2,1-4H3. The third kappa shape index (κ3) is 1.79. The minimum absolute atomic E-state index is 0.179. The molecule has 3 atom stereocenters. The molecule has 0 aromatic carbocycles. The van der Waals surface area contributed by atoms with Crippen LogP contribution in [0.15, 0.2) is 11.6 Å². The summed E-state index contributed by atoms with van der Waals surface area (Å²) in [7, 11) is 0. The van der Waals surface area contributed by atoms with E-state index in [4.69, 9.17) is 0 Å². The molecule has 0 radical (unpaired) electrons. The molecule has 2 heteroatoms. The Morgan fingerprint density at radius 2 is 2.08 bits per heavy atom. The van der Waals surface area contributed by atoms with Gasteiger partial charge in [0, 0.05) is 0 Å². The molecule has 76 valence electrons. The lowest BCUT2D eigenvalue weighted by atomic mass is 9.72. The van der Waals surface area contributed by atoms with Crippen molar-refractivity contribution in [3.63, 3.8) is 0 Å². The van der Waals surface area contributed by atoms with E-state index in [2.05, 4.69) is 13.8 Å². The lowest BCUT2D eigenvalue weighted by Gasteiger charge is -2.40. The van der Waals surface area contributed by atoms with Crippen molar-refractivity contribution < 1.29 is 10.2 Å². The van der Waals surface area contributed by atoms with Gasteiger partial charge in [0.2, 0.25) is 0 Å². The van der Waals surface area contributed by atoms with Crippen molar-refractivity contribution in [2.24, 2.45) is 11.8 Å². The largest absolute Gasteiger partial charge is 0.389 e. The molecule has 0 aromatic rings. The van der Waals surface area contributed by atoms with Gasteiger partial charge in [0.15, 0.2) is 0 Å². The maximum atomic E-state index is 10.0. The number of hydrogen-bond donors (Lipinski definition) is 2. The highest BCUT2D eigenvalue weighted by Gasteiger charge is 2.41. The predicted octanol–water partition coefficient (Wildman–Crippen LogP) is 1.72. The zero-order chi connectivity index (χ0) is 10.2. The van der Waals surface area contributed by atoms with Gasteiger partial charge in [-0.3, -0.25) is 0 Å². The first-order valence-electron chi connectivity index (χ1n) is 4.95. The summed E-state index contributed by atoms with van der Waals surface area (Å²) in [6.45, 7) is 7.73. The first kappa shape index (κ1) is 10.7. The van der Waals surface area contributed by atoms with Gasteiger partial charge in [-0.2, -0.15) is 0 Å². The molecule has 0 spiro atoms. The van der Waals surface area contributed by atoms with Gasteiger partial charge >= 0.3 is 0 Å². The first-order valence-corrected chi connectivity index (χ1v) is 4.95. The molecule has 0 bridgehead atoms. The molecule has 0 saturated carbocycles. The summed E-state index contributed by atoms with van der Waals surface area (Å²) in [6.07, 6.45) is 2.29. The van der Waals surface area contributed by atoms with Gasteiger partial charge in [0.05, 0.1) is 6.10 Å². The quantitative estimate of drug-likeness (QED) is 0.609. The Bertz CT molecular complexity index is 216. The van der Waals surface area contributed by atoms with E-state index < -0.39 is 11.7 Å². The molecule has 0 aliphatic heterocycles. The van der Waals surface area contributed by atoms with E-state index in [1.807, 2.05) is 13.0 Å². The number of aliphatic hydroxyl groups excluding tert-OH is 1. The smallest absolute Gasteiger partial charge is 0.109 e. The Morgan fingerprint density at radius 1 is 1.54 bits per heavy atom. The van der Waals surface area contributed by atoms with Crippen LogP contribution in [0.4, 0.5) is 0 Å². The average molecular weight is 184 g/mol. The molecule has 13 heavy (non-hydrogen) atoms. The normalized spacial score (nSPS) is 40.7. The molecule has 1 aliphatic carbocycles. The third-order valence-corrected chi connectivity index (χ3v) is 3.33. The average Bonchev–Trinajstić information content (AvgIpc) is 2.01. The van der Waals surface area contributed by atoms with Crippen LogP contribution in [-0.2, 0) is 0 Å². The lowest BCUT2D eigenvalue weighted by molar-refractivity contribution is -0.0809. The van der Waals surface area contributed by atoms with Crippen molar-refractivity contribution in [2.45, 2.75) is 45.8 Å². The maximum absolute atomic E-state index is 10.0. The SMILES string of the molecule is CC1=CCC(C(C)C)C(O)C1(C)O. The van der Waals surface area contributed by atoms with E-state index in [0.717, 1.165) is 12.0 Å². The van der Waals surface area contributed by atoms with E-state index in [0.29, 0.717) is 5.92 Å². The topological polar surface area (TPSA) is 40.5 Å². The van der Waals surface area contributed by atoms with E-state index in [9.17, 15) is 10.2 Å². The van der Waals surface area contributed by atoms with E-state index in [-0.39, 0.29) is 5.92 Å². The summed E-state index contributed by atoms with van der Waals surface area (Å²) < 4.78 is 0. The zero-order valence-corrected chi connectivity index (χ0v) is 8.91. The van der Waals surface area contributed by atoms with Crippen LogP contribution in [0, 0.1) is 11.8 Å². The lowest BCUT2D eigenvalue weighted by Crippen LogP contribution is -2.48. The highest BCUT2D eigenvalue weighted by Crippen LogP contribution is 2.36. The Kier molecular flexibility index (Phi) is 2.83. The van der Waals surface area contributed by atoms with Gasteiger partial charge in [-0.25, -0.2) is 0 Å². The Hall–Kier alpha value is -0.340. The van der Waals surface area contributed by atoms with E-state index in [1.165, 1.54) is 0 Å². The Balaban J connectivity index is 2.90. The van der Waals surface area contributed by atoms with Crippen LogP contribution in [0.3, 0.4) is 0 Å². The summed E-state index contributed by atoms with van der Waals surface area (Å²) in [6, 6.07) is 0. The van der Waals surface area contributed by atoms with Gasteiger partial charge in [0.1, 0.15) is 5.60 Å². The molecule has 1 rings (SSSR count). The highest BCUT2D eigenvalue weighted by atomic mass is 16.3. The van der Waals surface area contributed by atoms with Crippen molar-refractivity contribution in [3.05, 3.63) is 11.6 Å². The van der Waals surface area contributed by atoms with Crippen molar-refractivity contribution >= 4 is 0 Å². The number of hydrogen-bond acceptors (Lipinski definition) is 2. The molecular weight excluding hydrogens is 164 g/mol. The maximum Gasteiger partial charge on any atom is 0.109 e. The molecule has 0 saturated heterocycles. The van der Waals surface area contributed by atoms with Gasteiger partial charge in [0.25, 0.3) is 0 Å². The van der Waals surface area contributed by atoms with Crippen LogP contribution >= 0.6 is 0 Å². The molecule has 0 fully saturated rings. The summed E-state index contributed by atoms with van der Waals surface area (Å²) in [5.74, 6) is 0.588. The van der Waals surface area contributed by atoms with Crippen LogP contribution < -0.4 is 0 Å².